The summed E-state index contributed by atoms with van der Waals surface area (Å²) in [4.78, 5) is 19.5. The Bertz CT molecular complexity index is 594. The van der Waals surface area contributed by atoms with Gasteiger partial charge in [-0.3, -0.25) is 14.7 Å². The Morgan fingerprint density at radius 3 is 2.91 bits per heavy atom. The summed E-state index contributed by atoms with van der Waals surface area (Å²) in [5.41, 5.74) is -1.52. The van der Waals surface area contributed by atoms with E-state index in [2.05, 4.69) is 9.88 Å². The molecule has 23 heavy (non-hydrogen) atoms. The maximum atomic E-state index is 13.0. The molecule has 0 unspecified atom stereocenters. The van der Waals surface area contributed by atoms with Gasteiger partial charge in [0.2, 0.25) is 0 Å². The third kappa shape index (κ3) is 3.18. The van der Waals surface area contributed by atoms with Gasteiger partial charge < -0.3 is 9.64 Å². The number of fused-ring (bicyclic) bond motifs is 1. The third-order valence-corrected chi connectivity index (χ3v) is 4.46. The Labute approximate surface area is 132 Å². The Morgan fingerprint density at radius 1 is 1.39 bits per heavy atom. The van der Waals surface area contributed by atoms with E-state index in [0.29, 0.717) is 26.1 Å². The fourth-order valence-electron chi connectivity index (χ4n) is 3.20. The number of alkyl halides is 3. The summed E-state index contributed by atoms with van der Waals surface area (Å²) in [6.45, 7) is 2.16. The van der Waals surface area contributed by atoms with Gasteiger partial charge in [0.05, 0.1) is 24.3 Å². The second-order valence-electron chi connectivity index (χ2n) is 5.89. The molecule has 1 amide bonds. The van der Waals surface area contributed by atoms with E-state index in [4.69, 9.17) is 4.74 Å². The lowest BCUT2D eigenvalue weighted by Crippen LogP contribution is -2.59. The van der Waals surface area contributed by atoms with Crippen molar-refractivity contribution in [2.45, 2.75) is 24.7 Å². The minimum atomic E-state index is -4.64. The summed E-state index contributed by atoms with van der Waals surface area (Å²) in [5.74, 6) is -0.622. The molecule has 8 heteroatoms. The molecule has 1 aromatic heterocycles. The van der Waals surface area contributed by atoms with Crippen LogP contribution in [0.3, 0.4) is 0 Å². The second-order valence-corrected chi connectivity index (χ2v) is 5.89. The number of piperidine rings is 1. The van der Waals surface area contributed by atoms with E-state index in [1.165, 1.54) is 17.0 Å². The summed E-state index contributed by atoms with van der Waals surface area (Å²) in [7, 11) is 1.94. The molecule has 0 spiro atoms. The summed E-state index contributed by atoms with van der Waals surface area (Å²) in [5, 5.41) is 0. The van der Waals surface area contributed by atoms with Crippen LogP contribution in [0.1, 0.15) is 22.5 Å². The lowest BCUT2D eigenvalue weighted by atomic mass is 9.98. The minimum Gasteiger partial charge on any atom is -0.375 e. The highest BCUT2D eigenvalue weighted by atomic mass is 19.4. The van der Waals surface area contributed by atoms with Crippen LogP contribution in [-0.2, 0) is 10.9 Å². The molecule has 5 nitrogen and oxygen atoms in total. The number of nitrogens with zero attached hydrogens (tertiary/aromatic N) is 3. The number of carbonyl (C=O) groups is 1. The van der Waals surface area contributed by atoms with Crippen LogP contribution >= 0.6 is 0 Å². The largest absolute Gasteiger partial charge is 0.434 e. The van der Waals surface area contributed by atoms with Crippen LogP contribution in [0.25, 0.3) is 0 Å². The monoisotopic (exact) mass is 329 g/mol. The summed E-state index contributed by atoms with van der Waals surface area (Å²) >= 11 is 0. The molecule has 0 aromatic carbocycles. The third-order valence-electron chi connectivity index (χ3n) is 4.46. The number of rotatable bonds is 1. The second kappa shape index (κ2) is 6.09. The van der Waals surface area contributed by atoms with Gasteiger partial charge in [0, 0.05) is 25.8 Å². The maximum absolute atomic E-state index is 13.0. The molecule has 2 saturated heterocycles. The van der Waals surface area contributed by atoms with Gasteiger partial charge in [-0.15, -0.1) is 0 Å². The van der Waals surface area contributed by atoms with Crippen LogP contribution in [0.4, 0.5) is 13.2 Å². The quantitative estimate of drug-likeness (QED) is 0.786. The molecule has 3 rings (SSSR count). The van der Waals surface area contributed by atoms with E-state index in [1.807, 2.05) is 7.05 Å². The van der Waals surface area contributed by atoms with Gasteiger partial charge in [-0.2, -0.15) is 13.2 Å². The van der Waals surface area contributed by atoms with Crippen molar-refractivity contribution in [3.63, 3.8) is 0 Å². The molecule has 126 valence electrons. The van der Waals surface area contributed by atoms with Crippen molar-refractivity contribution in [1.29, 1.82) is 0 Å². The maximum Gasteiger partial charge on any atom is 0.434 e. The first-order valence-electron chi connectivity index (χ1n) is 7.51. The minimum absolute atomic E-state index is 0.0208. The zero-order chi connectivity index (χ0) is 16.6. The lowest BCUT2D eigenvalue weighted by Gasteiger charge is -2.45. The number of carbonyl (C=O) groups excluding carboxylic acids is 1. The van der Waals surface area contributed by atoms with Crippen LogP contribution in [0.2, 0.25) is 0 Å². The van der Waals surface area contributed by atoms with Crippen LogP contribution in [0, 0.1) is 0 Å². The first-order valence-corrected chi connectivity index (χ1v) is 7.51. The van der Waals surface area contributed by atoms with Gasteiger partial charge in [-0.05, 0) is 25.6 Å². The molecular weight excluding hydrogens is 311 g/mol. The van der Waals surface area contributed by atoms with Crippen molar-refractivity contribution < 1.29 is 22.7 Å². The number of ether oxygens (including phenoxy) is 1. The topological polar surface area (TPSA) is 45.7 Å². The lowest BCUT2D eigenvalue weighted by molar-refractivity contribution is -0.141. The predicted molar refractivity (Wildman–Crippen MR) is 75.9 cm³/mol. The molecule has 2 aliphatic rings. The highest BCUT2D eigenvalue weighted by Gasteiger charge is 2.41. The fourth-order valence-corrected chi connectivity index (χ4v) is 3.20. The van der Waals surface area contributed by atoms with E-state index < -0.39 is 23.3 Å². The molecule has 1 aromatic rings. The Hall–Kier alpha value is -1.67. The van der Waals surface area contributed by atoms with E-state index in [9.17, 15) is 18.0 Å². The summed E-state index contributed by atoms with van der Waals surface area (Å²) in [6.07, 6.45) is -2.93. The van der Waals surface area contributed by atoms with Gasteiger partial charge in [0.25, 0.3) is 5.91 Å². The Kier molecular flexibility index (Phi) is 4.29. The van der Waals surface area contributed by atoms with Crippen molar-refractivity contribution in [1.82, 2.24) is 14.8 Å². The number of morpholine rings is 1. The van der Waals surface area contributed by atoms with Crippen molar-refractivity contribution in [3.8, 4) is 0 Å². The van der Waals surface area contributed by atoms with Crippen LogP contribution in [0.5, 0.6) is 0 Å². The molecule has 3 heterocycles. The van der Waals surface area contributed by atoms with Gasteiger partial charge >= 0.3 is 6.18 Å². The normalized spacial score (nSPS) is 26.0. The first kappa shape index (κ1) is 16.2. The zero-order valence-electron chi connectivity index (χ0n) is 12.7. The highest BCUT2D eigenvalue weighted by Crippen LogP contribution is 2.31. The van der Waals surface area contributed by atoms with E-state index in [1.54, 1.807) is 0 Å². The number of pyridine rings is 1. The van der Waals surface area contributed by atoms with Crippen molar-refractivity contribution in [3.05, 3.63) is 29.6 Å². The number of likely N-dealkylation sites (tertiary alicyclic amines) is 1. The summed E-state index contributed by atoms with van der Waals surface area (Å²) in [6, 6.07) is 2.56. The molecule has 2 fully saturated rings. The SMILES string of the molecule is CN1CCO[C@@H]2CCN(C(=O)c3cccnc3C(F)(F)F)C[C@H]21. The molecule has 2 aliphatic heterocycles. The van der Waals surface area contributed by atoms with E-state index in [-0.39, 0.29) is 12.1 Å². The average molecular weight is 329 g/mol. The van der Waals surface area contributed by atoms with Gasteiger partial charge in [-0.1, -0.05) is 0 Å². The predicted octanol–water partition coefficient (Wildman–Crippen LogP) is 1.65. The summed E-state index contributed by atoms with van der Waals surface area (Å²) < 4.78 is 44.8. The van der Waals surface area contributed by atoms with Crippen LogP contribution in [0.15, 0.2) is 18.3 Å². The van der Waals surface area contributed by atoms with Crippen LogP contribution in [-0.4, -0.2) is 66.1 Å². The van der Waals surface area contributed by atoms with Gasteiger partial charge in [0.15, 0.2) is 5.69 Å². The zero-order valence-corrected chi connectivity index (χ0v) is 12.7. The van der Waals surface area contributed by atoms with E-state index >= 15 is 0 Å². The highest BCUT2D eigenvalue weighted by molar-refractivity contribution is 5.95. The van der Waals surface area contributed by atoms with Gasteiger partial charge in [0.1, 0.15) is 0 Å². The van der Waals surface area contributed by atoms with Crippen molar-refractivity contribution >= 4 is 5.91 Å². The van der Waals surface area contributed by atoms with E-state index in [0.717, 1.165) is 12.7 Å². The smallest absolute Gasteiger partial charge is 0.375 e. The Balaban J connectivity index is 1.82. The number of amides is 1. The average Bonchev–Trinajstić information content (AvgIpc) is 2.53. The molecule has 0 N–H and O–H groups in total. The molecular formula is C15H18F3N3O2. The number of likely N-dealkylation sites (N-methyl/N-ethyl adjacent to an activating group) is 1. The number of aromatic nitrogens is 1. The van der Waals surface area contributed by atoms with Gasteiger partial charge in [-0.25, -0.2) is 0 Å². The van der Waals surface area contributed by atoms with Crippen molar-refractivity contribution in [2.24, 2.45) is 0 Å². The number of halogens is 3. The van der Waals surface area contributed by atoms with Crippen LogP contribution < -0.4 is 0 Å². The molecule has 0 aliphatic carbocycles. The molecule has 2 atom stereocenters. The fraction of sp³-hybridized carbons (Fsp3) is 0.600. The first-order chi connectivity index (χ1) is 10.9. The standard InChI is InChI=1S/C15H18F3N3O2/c1-20-7-8-23-12-4-6-21(9-11(12)20)14(22)10-3-2-5-19-13(10)15(16,17)18/h2-3,5,11-12H,4,6-9H2,1H3/t11-,12-/m1/s1. The van der Waals surface area contributed by atoms with Crippen molar-refractivity contribution in [2.75, 3.05) is 33.3 Å². The number of hydrogen-bond donors (Lipinski definition) is 0. The Morgan fingerprint density at radius 2 is 2.17 bits per heavy atom. The molecule has 0 radical (unpaired) electrons. The molecule has 0 bridgehead atoms. The molecule has 0 saturated carbocycles. The number of hydrogen-bond acceptors (Lipinski definition) is 4.